The van der Waals surface area contributed by atoms with Gasteiger partial charge in [-0.25, -0.2) is 0 Å². The zero-order chi connectivity index (χ0) is 17.4. The van der Waals surface area contributed by atoms with Crippen LogP contribution in [0.25, 0.3) is 11.5 Å². The van der Waals surface area contributed by atoms with Crippen molar-refractivity contribution in [3.05, 3.63) is 30.1 Å². The summed E-state index contributed by atoms with van der Waals surface area (Å²) in [4.78, 5) is 6.77. The van der Waals surface area contributed by atoms with Gasteiger partial charge >= 0.3 is 0 Å². The van der Waals surface area contributed by atoms with Gasteiger partial charge in [-0.3, -0.25) is 0 Å². The lowest BCUT2D eigenvalue weighted by atomic mass is 10.2. The Bertz CT molecular complexity index is 599. The zero-order valence-electron chi connectivity index (χ0n) is 15.5. The molecule has 0 spiro atoms. The lowest BCUT2D eigenvalue weighted by Crippen LogP contribution is -2.27. The molecular weight excluding hydrogens is 340 g/mol. The SMILES string of the molecule is CCN(CC)CCOc1ccc(-c2nc(CC(C)NC)no2)cc1.Cl. The number of benzene rings is 1. The molecule has 0 amide bonds. The fourth-order valence-corrected chi connectivity index (χ4v) is 2.36. The van der Waals surface area contributed by atoms with Crippen LogP contribution in [0, 0.1) is 0 Å². The van der Waals surface area contributed by atoms with Gasteiger partial charge in [0, 0.05) is 24.6 Å². The van der Waals surface area contributed by atoms with E-state index >= 15 is 0 Å². The third-order valence-corrected chi connectivity index (χ3v) is 4.12. The van der Waals surface area contributed by atoms with Gasteiger partial charge in [0.1, 0.15) is 12.4 Å². The Morgan fingerprint density at radius 2 is 1.88 bits per heavy atom. The number of halogens is 1. The number of hydrogen-bond acceptors (Lipinski definition) is 6. The molecule has 2 rings (SSSR count). The maximum absolute atomic E-state index is 5.79. The molecule has 1 unspecified atom stereocenters. The van der Waals surface area contributed by atoms with E-state index in [1.54, 1.807) is 0 Å². The van der Waals surface area contributed by atoms with Crippen LogP contribution in [0.3, 0.4) is 0 Å². The molecule has 2 aromatic rings. The molecule has 0 fully saturated rings. The minimum absolute atomic E-state index is 0. The van der Waals surface area contributed by atoms with Gasteiger partial charge in [0.25, 0.3) is 5.89 Å². The summed E-state index contributed by atoms with van der Waals surface area (Å²) in [5.74, 6) is 2.11. The Morgan fingerprint density at radius 1 is 1.20 bits per heavy atom. The van der Waals surface area contributed by atoms with Crippen LogP contribution in [0.2, 0.25) is 0 Å². The number of nitrogens with one attached hydrogen (secondary N) is 1. The zero-order valence-corrected chi connectivity index (χ0v) is 16.3. The number of likely N-dealkylation sites (N-methyl/N-ethyl adjacent to an activating group) is 2. The summed E-state index contributed by atoms with van der Waals surface area (Å²) >= 11 is 0. The van der Waals surface area contributed by atoms with E-state index < -0.39 is 0 Å². The lowest BCUT2D eigenvalue weighted by Gasteiger charge is -2.17. The van der Waals surface area contributed by atoms with Crippen LogP contribution in [0.5, 0.6) is 5.75 Å². The Balaban J connectivity index is 0.00000312. The molecule has 1 aromatic carbocycles. The molecule has 0 aliphatic carbocycles. The van der Waals surface area contributed by atoms with Crippen LogP contribution in [0.1, 0.15) is 26.6 Å². The van der Waals surface area contributed by atoms with Crippen LogP contribution < -0.4 is 10.1 Å². The van der Waals surface area contributed by atoms with Crippen molar-refractivity contribution in [2.75, 3.05) is 33.3 Å². The second-order valence-electron chi connectivity index (χ2n) is 5.81. The summed E-state index contributed by atoms with van der Waals surface area (Å²) in [7, 11) is 1.92. The molecule has 0 radical (unpaired) electrons. The highest BCUT2D eigenvalue weighted by atomic mass is 35.5. The van der Waals surface area contributed by atoms with E-state index in [1.807, 2.05) is 31.3 Å². The van der Waals surface area contributed by atoms with E-state index in [9.17, 15) is 0 Å². The van der Waals surface area contributed by atoms with Gasteiger partial charge in [0.05, 0.1) is 0 Å². The number of aromatic nitrogens is 2. The molecule has 6 nitrogen and oxygen atoms in total. The van der Waals surface area contributed by atoms with Gasteiger partial charge in [0.15, 0.2) is 5.82 Å². The highest BCUT2D eigenvalue weighted by molar-refractivity contribution is 5.85. The van der Waals surface area contributed by atoms with Gasteiger partial charge < -0.3 is 19.5 Å². The van der Waals surface area contributed by atoms with E-state index in [1.165, 1.54) is 0 Å². The van der Waals surface area contributed by atoms with E-state index in [-0.39, 0.29) is 12.4 Å². The first-order chi connectivity index (χ1) is 11.7. The van der Waals surface area contributed by atoms with Crippen LogP contribution in [-0.2, 0) is 6.42 Å². The van der Waals surface area contributed by atoms with Gasteiger partial charge in [-0.15, -0.1) is 12.4 Å². The molecule has 25 heavy (non-hydrogen) atoms. The molecule has 1 heterocycles. The summed E-state index contributed by atoms with van der Waals surface area (Å²) in [6.07, 6.45) is 0.743. The van der Waals surface area contributed by atoms with Crippen molar-refractivity contribution >= 4 is 12.4 Å². The minimum atomic E-state index is 0. The Hall–Kier alpha value is -1.63. The van der Waals surface area contributed by atoms with Crippen molar-refractivity contribution in [2.45, 2.75) is 33.2 Å². The fourth-order valence-electron chi connectivity index (χ4n) is 2.36. The molecular formula is C18H29ClN4O2. The second-order valence-corrected chi connectivity index (χ2v) is 5.81. The third-order valence-electron chi connectivity index (χ3n) is 4.12. The van der Waals surface area contributed by atoms with Crippen molar-refractivity contribution in [3.8, 4) is 17.2 Å². The quantitative estimate of drug-likeness (QED) is 0.695. The maximum Gasteiger partial charge on any atom is 0.257 e. The van der Waals surface area contributed by atoms with Crippen LogP contribution in [-0.4, -0.2) is 54.4 Å². The van der Waals surface area contributed by atoms with Crippen LogP contribution in [0.4, 0.5) is 0 Å². The monoisotopic (exact) mass is 368 g/mol. The molecule has 0 aliphatic heterocycles. The first kappa shape index (κ1) is 21.4. The van der Waals surface area contributed by atoms with Gasteiger partial charge in [-0.05, 0) is 51.3 Å². The van der Waals surface area contributed by atoms with Gasteiger partial charge in [-0.2, -0.15) is 4.98 Å². The smallest absolute Gasteiger partial charge is 0.257 e. The molecule has 140 valence electrons. The topological polar surface area (TPSA) is 63.4 Å². The molecule has 1 N–H and O–H groups in total. The highest BCUT2D eigenvalue weighted by Gasteiger charge is 2.11. The average molecular weight is 369 g/mol. The van der Waals surface area contributed by atoms with Crippen molar-refractivity contribution in [3.63, 3.8) is 0 Å². The average Bonchev–Trinajstić information content (AvgIpc) is 3.07. The van der Waals surface area contributed by atoms with Crippen molar-refractivity contribution in [1.82, 2.24) is 20.4 Å². The standard InChI is InChI=1S/C18H28N4O2.ClH/c1-5-22(6-2)11-12-23-16-9-7-15(8-10-16)18-20-17(21-24-18)13-14(3)19-4;/h7-10,14,19H,5-6,11-13H2,1-4H3;1H. The summed E-state index contributed by atoms with van der Waals surface area (Å²) in [5.41, 5.74) is 0.905. The number of nitrogens with zero attached hydrogens (tertiary/aromatic N) is 3. The third kappa shape index (κ3) is 6.65. The van der Waals surface area contributed by atoms with E-state index in [0.29, 0.717) is 24.4 Å². The fraction of sp³-hybridized carbons (Fsp3) is 0.556. The summed E-state index contributed by atoms with van der Waals surface area (Å²) in [6, 6.07) is 8.10. The molecule has 0 bridgehead atoms. The molecule has 0 saturated carbocycles. The first-order valence-corrected chi connectivity index (χ1v) is 8.61. The predicted octanol–water partition coefficient (Wildman–Crippen LogP) is 3.03. The number of hydrogen-bond donors (Lipinski definition) is 1. The molecule has 0 aliphatic rings. The van der Waals surface area contributed by atoms with Crippen molar-refractivity contribution in [2.24, 2.45) is 0 Å². The minimum Gasteiger partial charge on any atom is -0.492 e. The summed E-state index contributed by atoms with van der Waals surface area (Å²) in [5, 5.41) is 7.19. The Morgan fingerprint density at radius 3 is 2.48 bits per heavy atom. The largest absolute Gasteiger partial charge is 0.492 e. The lowest BCUT2D eigenvalue weighted by molar-refractivity contribution is 0.223. The maximum atomic E-state index is 5.79. The molecule has 1 aromatic heterocycles. The second kappa shape index (κ2) is 11.1. The van der Waals surface area contributed by atoms with E-state index in [4.69, 9.17) is 9.26 Å². The number of rotatable bonds is 10. The van der Waals surface area contributed by atoms with Crippen LogP contribution >= 0.6 is 12.4 Å². The Kier molecular flexibility index (Phi) is 9.49. The highest BCUT2D eigenvalue weighted by Crippen LogP contribution is 2.21. The van der Waals surface area contributed by atoms with Crippen molar-refractivity contribution in [1.29, 1.82) is 0 Å². The first-order valence-electron chi connectivity index (χ1n) is 8.61. The Labute approximate surface area is 156 Å². The summed E-state index contributed by atoms with van der Waals surface area (Å²) in [6.45, 7) is 10.1. The molecule has 1 atom stereocenters. The van der Waals surface area contributed by atoms with Gasteiger partial charge in [0.2, 0.25) is 0 Å². The predicted molar refractivity (Wildman–Crippen MR) is 102 cm³/mol. The van der Waals surface area contributed by atoms with E-state index in [0.717, 1.165) is 37.4 Å². The van der Waals surface area contributed by atoms with Crippen molar-refractivity contribution < 1.29 is 9.26 Å². The van der Waals surface area contributed by atoms with E-state index in [2.05, 4.69) is 41.1 Å². The van der Waals surface area contributed by atoms with Crippen LogP contribution in [0.15, 0.2) is 28.8 Å². The number of ether oxygens (including phenoxy) is 1. The molecule has 0 saturated heterocycles. The van der Waals surface area contributed by atoms with Gasteiger partial charge in [-0.1, -0.05) is 19.0 Å². The normalized spacial score (nSPS) is 12.0. The summed E-state index contributed by atoms with van der Waals surface area (Å²) < 4.78 is 11.1. The molecule has 7 heteroatoms.